The zero-order valence-electron chi connectivity index (χ0n) is 12.9. The van der Waals surface area contributed by atoms with Gasteiger partial charge < -0.3 is 9.64 Å². The first-order valence-electron chi connectivity index (χ1n) is 8.45. The van der Waals surface area contributed by atoms with Crippen LogP contribution in [-0.4, -0.2) is 68.8 Å². The summed E-state index contributed by atoms with van der Waals surface area (Å²) in [5.74, 6) is 0.526. The Morgan fingerprint density at radius 1 is 0.952 bits per heavy atom. The summed E-state index contributed by atoms with van der Waals surface area (Å²) in [6, 6.07) is 0. The van der Waals surface area contributed by atoms with Crippen molar-refractivity contribution in [1.29, 1.82) is 0 Å². The number of hydrogen-bond acceptors (Lipinski definition) is 4. The fourth-order valence-corrected chi connectivity index (χ4v) is 5.86. The average molecular weight is 316 g/mol. The largest absolute Gasteiger partial charge is 0.381 e. The molecule has 3 saturated heterocycles. The van der Waals surface area contributed by atoms with Gasteiger partial charge in [0.25, 0.3) is 0 Å². The van der Waals surface area contributed by atoms with Crippen LogP contribution in [0.4, 0.5) is 0 Å². The van der Waals surface area contributed by atoms with Crippen molar-refractivity contribution in [1.82, 2.24) is 9.21 Å². The minimum Gasteiger partial charge on any atom is -0.381 e. The fourth-order valence-electron chi connectivity index (χ4n) is 3.87. The molecule has 0 bridgehead atoms. The molecule has 6 heteroatoms. The van der Waals surface area contributed by atoms with Crippen LogP contribution in [-0.2, 0) is 14.8 Å². The first kappa shape index (κ1) is 15.7. The third-order valence-corrected chi connectivity index (χ3v) is 7.53. The normalized spacial score (nSPS) is 30.8. The maximum atomic E-state index is 12.7. The van der Waals surface area contributed by atoms with Gasteiger partial charge in [-0.1, -0.05) is 6.42 Å². The van der Waals surface area contributed by atoms with E-state index in [0.29, 0.717) is 32.0 Å². The molecular formula is C15H28N2O3S. The van der Waals surface area contributed by atoms with Crippen molar-refractivity contribution in [3.05, 3.63) is 0 Å². The zero-order valence-corrected chi connectivity index (χ0v) is 13.7. The predicted octanol–water partition coefficient (Wildman–Crippen LogP) is 1.30. The van der Waals surface area contributed by atoms with Gasteiger partial charge in [0, 0.05) is 32.8 Å². The summed E-state index contributed by atoms with van der Waals surface area (Å²) < 4.78 is 32.4. The number of hydrogen-bond donors (Lipinski definition) is 0. The van der Waals surface area contributed by atoms with Gasteiger partial charge in [-0.25, -0.2) is 12.7 Å². The Bertz CT molecular complexity index is 428. The Hall–Kier alpha value is -0.170. The molecule has 0 radical (unpaired) electrons. The summed E-state index contributed by atoms with van der Waals surface area (Å²) >= 11 is 0. The molecule has 0 aromatic rings. The second-order valence-electron chi connectivity index (χ2n) is 6.73. The van der Waals surface area contributed by atoms with E-state index >= 15 is 0 Å². The van der Waals surface area contributed by atoms with Gasteiger partial charge in [-0.05, 0) is 51.1 Å². The second kappa shape index (κ2) is 6.94. The van der Waals surface area contributed by atoms with Gasteiger partial charge in [0.05, 0.1) is 5.25 Å². The molecule has 21 heavy (non-hydrogen) atoms. The molecule has 5 nitrogen and oxygen atoms in total. The number of piperidine rings is 1. The number of sulfonamides is 1. The summed E-state index contributed by atoms with van der Waals surface area (Å²) in [7, 11) is -3.10. The minimum atomic E-state index is -3.10. The van der Waals surface area contributed by atoms with Gasteiger partial charge in [0.15, 0.2) is 0 Å². The maximum Gasteiger partial charge on any atom is 0.217 e. The molecule has 0 N–H and O–H groups in total. The van der Waals surface area contributed by atoms with Crippen LogP contribution >= 0.6 is 0 Å². The Kier molecular flexibility index (Phi) is 5.19. The van der Waals surface area contributed by atoms with E-state index in [-0.39, 0.29) is 5.25 Å². The maximum absolute atomic E-state index is 12.7. The highest BCUT2D eigenvalue weighted by Gasteiger charge is 2.37. The number of ether oxygens (including phenoxy) is 1. The Morgan fingerprint density at radius 2 is 1.67 bits per heavy atom. The lowest BCUT2D eigenvalue weighted by molar-refractivity contribution is 0.0973. The monoisotopic (exact) mass is 316 g/mol. The lowest BCUT2D eigenvalue weighted by Gasteiger charge is -2.29. The summed E-state index contributed by atoms with van der Waals surface area (Å²) in [5, 5.41) is -0.208. The quantitative estimate of drug-likeness (QED) is 0.784. The third-order valence-electron chi connectivity index (χ3n) is 5.16. The van der Waals surface area contributed by atoms with Gasteiger partial charge in [-0.2, -0.15) is 0 Å². The molecule has 3 heterocycles. The van der Waals surface area contributed by atoms with Crippen LogP contribution in [0.25, 0.3) is 0 Å². The minimum absolute atomic E-state index is 0.208. The van der Waals surface area contributed by atoms with E-state index in [2.05, 4.69) is 4.90 Å². The van der Waals surface area contributed by atoms with Crippen molar-refractivity contribution in [3.63, 3.8) is 0 Å². The zero-order chi connectivity index (χ0) is 14.7. The lowest BCUT2D eigenvalue weighted by Crippen LogP contribution is -2.41. The van der Waals surface area contributed by atoms with Gasteiger partial charge in [-0.15, -0.1) is 0 Å². The van der Waals surface area contributed by atoms with Crippen LogP contribution < -0.4 is 0 Å². The van der Waals surface area contributed by atoms with Crippen LogP contribution in [0.3, 0.4) is 0 Å². The molecule has 3 fully saturated rings. The van der Waals surface area contributed by atoms with Crippen LogP contribution in [0, 0.1) is 5.92 Å². The topological polar surface area (TPSA) is 49.9 Å². The van der Waals surface area contributed by atoms with Crippen molar-refractivity contribution in [3.8, 4) is 0 Å². The lowest BCUT2D eigenvalue weighted by atomic mass is 10.1. The van der Waals surface area contributed by atoms with E-state index in [0.717, 1.165) is 26.1 Å². The van der Waals surface area contributed by atoms with Crippen LogP contribution in [0.2, 0.25) is 0 Å². The summed E-state index contributed by atoms with van der Waals surface area (Å²) in [5.41, 5.74) is 0. The Balaban J connectivity index is 1.53. The van der Waals surface area contributed by atoms with Crippen molar-refractivity contribution in [2.75, 3.05) is 45.9 Å². The molecule has 0 aromatic carbocycles. The molecule has 0 spiro atoms. The van der Waals surface area contributed by atoms with Crippen molar-refractivity contribution < 1.29 is 13.2 Å². The average Bonchev–Trinajstić information content (AvgIpc) is 2.98. The second-order valence-corrected chi connectivity index (χ2v) is 8.94. The highest BCUT2D eigenvalue weighted by Crippen LogP contribution is 2.27. The first-order valence-corrected chi connectivity index (χ1v) is 9.95. The number of nitrogens with zero attached hydrogens (tertiary/aromatic N) is 2. The van der Waals surface area contributed by atoms with E-state index in [4.69, 9.17) is 4.74 Å². The van der Waals surface area contributed by atoms with E-state index in [1.807, 2.05) is 0 Å². The Morgan fingerprint density at radius 3 is 2.38 bits per heavy atom. The van der Waals surface area contributed by atoms with E-state index < -0.39 is 10.0 Å². The molecule has 0 aromatic heterocycles. The molecule has 0 amide bonds. The molecule has 0 aliphatic carbocycles. The molecule has 1 atom stereocenters. The number of likely N-dealkylation sites (tertiary alicyclic amines) is 1. The molecule has 0 saturated carbocycles. The molecule has 3 aliphatic heterocycles. The molecule has 122 valence electrons. The van der Waals surface area contributed by atoms with Crippen molar-refractivity contribution >= 4 is 10.0 Å². The Labute approximate surface area is 128 Å². The number of rotatable bonds is 4. The summed E-state index contributed by atoms with van der Waals surface area (Å²) in [4.78, 5) is 2.53. The SMILES string of the molecule is O=S(=O)(C1CCOCC1)N1CC[C@@H](CN2CCCCC2)C1. The third kappa shape index (κ3) is 3.78. The predicted molar refractivity (Wildman–Crippen MR) is 82.7 cm³/mol. The van der Waals surface area contributed by atoms with Gasteiger partial charge in [-0.3, -0.25) is 0 Å². The molecular weight excluding hydrogens is 288 g/mol. The fraction of sp³-hybridized carbons (Fsp3) is 1.00. The first-order chi connectivity index (χ1) is 10.2. The molecule has 3 rings (SSSR count). The van der Waals surface area contributed by atoms with Gasteiger partial charge >= 0.3 is 0 Å². The highest BCUT2D eigenvalue weighted by molar-refractivity contribution is 7.89. The van der Waals surface area contributed by atoms with Gasteiger partial charge in [0.2, 0.25) is 10.0 Å². The van der Waals surface area contributed by atoms with E-state index in [1.54, 1.807) is 4.31 Å². The van der Waals surface area contributed by atoms with Crippen LogP contribution in [0.5, 0.6) is 0 Å². The van der Waals surface area contributed by atoms with Crippen molar-refractivity contribution in [2.24, 2.45) is 5.92 Å². The van der Waals surface area contributed by atoms with Gasteiger partial charge in [0.1, 0.15) is 0 Å². The molecule has 0 unspecified atom stereocenters. The smallest absolute Gasteiger partial charge is 0.217 e. The van der Waals surface area contributed by atoms with E-state index in [9.17, 15) is 8.42 Å². The highest BCUT2D eigenvalue weighted by atomic mass is 32.2. The van der Waals surface area contributed by atoms with Crippen LogP contribution in [0.1, 0.15) is 38.5 Å². The van der Waals surface area contributed by atoms with Crippen LogP contribution in [0.15, 0.2) is 0 Å². The van der Waals surface area contributed by atoms with E-state index in [1.165, 1.54) is 32.4 Å². The molecule has 3 aliphatic rings. The van der Waals surface area contributed by atoms with Crippen molar-refractivity contribution in [2.45, 2.75) is 43.8 Å². The standard InChI is InChI=1S/C15H28N2O3S/c18-21(19,15-5-10-20-11-6-15)17-9-4-14(13-17)12-16-7-2-1-3-8-16/h14-15H,1-13H2/t14-/m0/s1. The summed E-state index contributed by atoms with van der Waals surface area (Å²) in [6.07, 6.45) is 6.31. The summed E-state index contributed by atoms with van der Waals surface area (Å²) in [6.45, 7) is 6.12.